The van der Waals surface area contributed by atoms with Crippen LogP contribution in [0.1, 0.15) is 130 Å². The van der Waals surface area contributed by atoms with Gasteiger partial charge in [0.1, 0.15) is 4.47 Å². The molecular formula is C50H71BrN4O2S2Sn. The molecule has 0 radical (unpaired) electrons. The van der Waals surface area contributed by atoms with Gasteiger partial charge in [-0.3, -0.25) is 18.7 Å². The Hall–Kier alpha value is -2.34. The van der Waals surface area contributed by atoms with Crippen LogP contribution in [0.4, 0.5) is 0 Å². The summed E-state index contributed by atoms with van der Waals surface area (Å²) in [5.41, 5.74) is 6.84. The Kier molecular flexibility index (Phi) is 19.6. The fourth-order valence-corrected chi connectivity index (χ4v) is 22.9. The molecule has 4 aromatic rings. The molecule has 0 aliphatic carbocycles. The van der Waals surface area contributed by atoms with Crippen molar-refractivity contribution in [3.63, 3.8) is 0 Å². The van der Waals surface area contributed by atoms with Gasteiger partial charge in [0.25, 0.3) is 11.1 Å². The maximum Gasteiger partial charge on any atom is 0.269 e. The third-order valence-electron chi connectivity index (χ3n) is 11.5. The molecule has 326 valence electrons. The van der Waals surface area contributed by atoms with Crippen molar-refractivity contribution < 1.29 is 0 Å². The van der Waals surface area contributed by atoms with E-state index in [1.54, 1.807) is 52.0 Å². The first kappa shape index (κ1) is 50.3. The first-order valence-corrected chi connectivity index (χ1v) is 32.7. The maximum atomic E-state index is 12.7. The van der Waals surface area contributed by atoms with Crippen LogP contribution in [0.2, 0.25) is 13.3 Å². The van der Waals surface area contributed by atoms with Crippen LogP contribution >= 0.6 is 39.5 Å². The van der Waals surface area contributed by atoms with Crippen LogP contribution in [0, 0.1) is 0 Å². The number of hydrogen-bond acceptors (Lipinski definition) is 6. The zero-order valence-electron chi connectivity index (χ0n) is 38.1. The first-order valence-electron chi connectivity index (χ1n) is 22.2. The van der Waals surface area contributed by atoms with Crippen LogP contribution in [0.3, 0.4) is 0 Å². The van der Waals surface area contributed by atoms with Gasteiger partial charge in [-0.1, -0.05) is 126 Å². The molecule has 2 aliphatic heterocycles. The summed E-state index contributed by atoms with van der Waals surface area (Å²) in [6, 6.07) is 16.7. The molecule has 0 atom stereocenters. The molecule has 10 heteroatoms. The van der Waals surface area contributed by atoms with E-state index < -0.39 is 18.4 Å². The van der Waals surface area contributed by atoms with Gasteiger partial charge in [0.05, 0.1) is 17.0 Å². The second kappa shape index (κ2) is 23.4. The summed E-state index contributed by atoms with van der Waals surface area (Å²) in [4.78, 5) is 34.7. The molecule has 6 rings (SSSR count). The summed E-state index contributed by atoms with van der Waals surface area (Å²) >= 11 is 4.91. The summed E-state index contributed by atoms with van der Waals surface area (Å²) < 4.78 is 11.3. The standard InChI is InChI=1S/C19H22N2OS.C17H19BrN2OS.3C4H9.C2H3.Sn/c1-5-15-16(13-7-9-14(10-8-13)19(2,3)4)20-18-21(17(15)22)11-6-12-23-18;1-17(2,3)12-7-5-11(6-8-12)14-13(18)15(21)20-9-4-10-22-16(20)19-14;3*1-3-4-2;1-2;/h5,7-10H,1,6,11-12H2,2-4H3;5-8H,4,9-10H2,1-3H3;3*1,3-4H2,2H3;1H,2H2;. The van der Waals surface area contributed by atoms with Crippen molar-refractivity contribution in [1.82, 2.24) is 19.1 Å². The van der Waals surface area contributed by atoms with Gasteiger partial charge >= 0.3 is 102 Å². The molecule has 6 nitrogen and oxygen atoms in total. The molecule has 0 spiro atoms. The number of hydrogen-bond donors (Lipinski definition) is 0. The summed E-state index contributed by atoms with van der Waals surface area (Å²) in [5.74, 6) is 2.04. The van der Waals surface area contributed by atoms with E-state index in [-0.39, 0.29) is 21.9 Å². The van der Waals surface area contributed by atoms with Gasteiger partial charge in [-0.05, 0) is 50.7 Å². The van der Waals surface area contributed by atoms with Gasteiger partial charge in [0, 0.05) is 35.7 Å². The Morgan fingerprint density at radius 3 is 1.45 bits per heavy atom. The Bertz CT molecular complexity index is 2130. The van der Waals surface area contributed by atoms with Crippen LogP contribution in [0.15, 0.2) is 90.2 Å². The number of nitrogens with zero attached hydrogens (tertiary/aromatic N) is 4. The van der Waals surface area contributed by atoms with Crippen LogP contribution in [0.25, 0.3) is 28.6 Å². The normalized spacial score (nSPS) is 13.8. The molecule has 0 amide bonds. The predicted octanol–water partition coefficient (Wildman–Crippen LogP) is 14.4. The van der Waals surface area contributed by atoms with E-state index >= 15 is 0 Å². The minimum absolute atomic E-state index is 0.0205. The van der Waals surface area contributed by atoms with E-state index in [0.29, 0.717) is 10.0 Å². The van der Waals surface area contributed by atoms with Gasteiger partial charge in [0.15, 0.2) is 10.3 Å². The molecule has 60 heavy (non-hydrogen) atoms. The summed E-state index contributed by atoms with van der Waals surface area (Å²) in [6.07, 6.45) is 12.1. The molecule has 0 fully saturated rings. The molecule has 2 aromatic heterocycles. The van der Waals surface area contributed by atoms with Crippen molar-refractivity contribution in [3.05, 3.63) is 108 Å². The van der Waals surface area contributed by atoms with Crippen LogP contribution in [-0.4, -0.2) is 49.0 Å². The minimum Gasteiger partial charge on any atom is -0.287 e. The quantitative estimate of drug-likeness (QED) is 0.0982. The molecule has 0 N–H and O–H groups in total. The Balaban J connectivity index is 0.000000204. The topological polar surface area (TPSA) is 69.8 Å². The van der Waals surface area contributed by atoms with Crippen molar-refractivity contribution in [1.29, 1.82) is 0 Å². The van der Waals surface area contributed by atoms with Gasteiger partial charge in [-0.15, -0.1) is 0 Å². The number of thioether (sulfide) groups is 2. The predicted molar refractivity (Wildman–Crippen MR) is 269 cm³/mol. The first-order chi connectivity index (χ1) is 28.5. The number of benzene rings is 2. The van der Waals surface area contributed by atoms with E-state index in [1.807, 2.05) is 0 Å². The SMILES string of the molecule is C=Cc1c(-c2ccc(C(C)(C)C)cc2)nc2n(c1=O)CCCS2.C=[CH][Sn]([CH2]CCC)([CH2]CCC)[CH2]CCC.CC(C)(C)c1ccc(-c2nc3n(c(=O)c2Br)CCCS3)cc1. The van der Waals surface area contributed by atoms with Crippen molar-refractivity contribution >= 4 is 63.9 Å². The monoisotopic (exact) mass is 1020 g/mol. The molecule has 4 heterocycles. The van der Waals surface area contributed by atoms with Crippen LogP contribution in [0.5, 0.6) is 0 Å². The zero-order valence-corrected chi connectivity index (χ0v) is 44.2. The maximum absolute atomic E-state index is 12.7. The number of halogens is 1. The summed E-state index contributed by atoms with van der Waals surface area (Å²) in [6.45, 7) is 29.6. The Morgan fingerprint density at radius 2 is 1.07 bits per heavy atom. The number of aromatic nitrogens is 4. The van der Waals surface area contributed by atoms with Gasteiger partial charge in [0.2, 0.25) is 0 Å². The Morgan fingerprint density at radius 1 is 0.667 bits per heavy atom. The molecule has 2 aromatic carbocycles. The summed E-state index contributed by atoms with van der Waals surface area (Å²) in [7, 11) is 0. The van der Waals surface area contributed by atoms with Crippen molar-refractivity contribution in [2.45, 2.75) is 161 Å². The number of fused-ring (bicyclic) bond motifs is 2. The van der Waals surface area contributed by atoms with Crippen molar-refractivity contribution in [2.75, 3.05) is 11.5 Å². The minimum atomic E-state index is -1.85. The van der Waals surface area contributed by atoms with E-state index in [9.17, 15) is 9.59 Å². The van der Waals surface area contributed by atoms with Crippen molar-refractivity contribution in [2.24, 2.45) is 0 Å². The van der Waals surface area contributed by atoms with Crippen molar-refractivity contribution in [3.8, 4) is 22.5 Å². The van der Waals surface area contributed by atoms with E-state index in [4.69, 9.17) is 9.97 Å². The third kappa shape index (κ3) is 13.3. The average molecular weight is 1020 g/mol. The largest absolute Gasteiger partial charge is 0.287 e. The third-order valence-corrected chi connectivity index (χ3v) is 28.4. The summed E-state index contributed by atoms with van der Waals surface area (Å²) in [5, 5.41) is 1.65. The molecule has 0 saturated carbocycles. The molecule has 0 saturated heterocycles. The Labute approximate surface area is 383 Å². The second-order valence-electron chi connectivity index (χ2n) is 18.3. The van der Waals surface area contributed by atoms with Crippen LogP contribution in [-0.2, 0) is 23.9 Å². The molecule has 0 bridgehead atoms. The molecular weight excluding hydrogens is 951 g/mol. The molecule has 0 unspecified atom stereocenters. The number of rotatable bonds is 13. The zero-order chi connectivity index (χ0) is 44.1. The van der Waals surface area contributed by atoms with Gasteiger partial charge < -0.3 is 0 Å². The molecule has 2 aliphatic rings. The fourth-order valence-electron chi connectivity index (χ4n) is 7.57. The van der Waals surface area contributed by atoms with Crippen LogP contribution < -0.4 is 11.1 Å². The van der Waals surface area contributed by atoms with E-state index in [2.05, 4.69) is 144 Å². The average Bonchev–Trinajstić information content (AvgIpc) is 3.25. The van der Waals surface area contributed by atoms with Gasteiger partial charge in [-0.2, -0.15) is 0 Å². The van der Waals surface area contributed by atoms with E-state index in [0.717, 1.165) is 70.3 Å². The second-order valence-corrected chi connectivity index (χ2v) is 34.4. The number of unbranched alkanes of at least 4 members (excludes halogenated alkanes) is 3. The smallest absolute Gasteiger partial charge is 0.269 e. The van der Waals surface area contributed by atoms with E-state index in [1.165, 1.54) is 49.7 Å². The fraction of sp³-hybridized carbons (Fsp3) is 0.520. The van der Waals surface area contributed by atoms with Gasteiger partial charge in [-0.25, -0.2) is 9.97 Å².